The third-order valence-electron chi connectivity index (χ3n) is 4.43. The van der Waals surface area contributed by atoms with Crippen LogP contribution in [0.25, 0.3) is 22.4 Å². The largest absolute Gasteiger partial charge is 0.461 e. The first-order valence-corrected chi connectivity index (χ1v) is 10.2. The van der Waals surface area contributed by atoms with Gasteiger partial charge in [0.25, 0.3) is 5.56 Å². The fourth-order valence-electron chi connectivity index (χ4n) is 2.90. The smallest absolute Gasteiger partial charge is 0.262 e. The number of hydrogen-bond donors (Lipinski definition) is 0. The van der Waals surface area contributed by atoms with E-state index in [4.69, 9.17) is 13.9 Å². The standard InChI is InChI=1S/C21H21N3O3S/c1-14(2)9-10-24-20(25)16-6-3-4-7-17(16)22-21(24)28-13-15-12-19(27-23-15)18-8-5-11-26-18/h3-8,11-12,14H,9-10,13H2,1-2H3. The summed E-state index contributed by atoms with van der Waals surface area (Å²) in [6.45, 7) is 4.95. The molecule has 4 rings (SSSR count). The molecule has 0 atom stereocenters. The highest BCUT2D eigenvalue weighted by atomic mass is 32.2. The molecular weight excluding hydrogens is 374 g/mol. The van der Waals surface area contributed by atoms with E-state index < -0.39 is 0 Å². The van der Waals surface area contributed by atoms with Crippen molar-refractivity contribution >= 4 is 22.7 Å². The molecule has 0 N–H and O–H groups in total. The molecule has 0 radical (unpaired) electrons. The Morgan fingerprint density at radius 3 is 2.79 bits per heavy atom. The van der Waals surface area contributed by atoms with Crippen molar-refractivity contribution in [2.45, 2.75) is 37.7 Å². The molecule has 0 spiro atoms. The number of benzene rings is 1. The molecule has 6 nitrogen and oxygen atoms in total. The average Bonchev–Trinajstić information content (AvgIpc) is 3.37. The van der Waals surface area contributed by atoms with Crippen LogP contribution in [0.4, 0.5) is 0 Å². The van der Waals surface area contributed by atoms with Gasteiger partial charge in [-0.3, -0.25) is 9.36 Å². The molecule has 28 heavy (non-hydrogen) atoms. The van der Waals surface area contributed by atoms with E-state index in [0.29, 0.717) is 45.8 Å². The second-order valence-corrected chi connectivity index (χ2v) is 7.94. The minimum atomic E-state index is 0.00479. The predicted molar refractivity (Wildman–Crippen MR) is 109 cm³/mol. The summed E-state index contributed by atoms with van der Waals surface area (Å²) >= 11 is 1.49. The molecular formula is C21H21N3O3S. The van der Waals surface area contributed by atoms with E-state index in [1.54, 1.807) is 16.9 Å². The lowest BCUT2D eigenvalue weighted by Gasteiger charge is -2.13. The third-order valence-corrected chi connectivity index (χ3v) is 5.44. The van der Waals surface area contributed by atoms with Crippen molar-refractivity contribution in [3.05, 3.63) is 64.8 Å². The van der Waals surface area contributed by atoms with Gasteiger partial charge in [-0.1, -0.05) is 42.9 Å². The first-order valence-electron chi connectivity index (χ1n) is 9.23. The molecule has 0 saturated heterocycles. The molecule has 0 amide bonds. The number of nitrogens with zero attached hydrogens (tertiary/aromatic N) is 3. The van der Waals surface area contributed by atoms with Crippen molar-refractivity contribution in [2.75, 3.05) is 0 Å². The van der Waals surface area contributed by atoms with E-state index in [2.05, 4.69) is 19.0 Å². The Bertz CT molecular complexity index is 1130. The predicted octanol–water partition coefficient (Wildman–Crippen LogP) is 4.98. The number of rotatable bonds is 7. The van der Waals surface area contributed by atoms with E-state index in [-0.39, 0.29) is 5.56 Å². The van der Waals surface area contributed by atoms with Crippen LogP contribution in [0.3, 0.4) is 0 Å². The van der Waals surface area contributed by atoms with E-state index in [9.17, 15) is 4.79 Å². The average molecular weight is 395 g/mol. The van der Waals surface area contributed by atoms with Crippen LogP contribution in [0.2, 0.25) is 0 Å². The van der Waals surface area contributed by atoms with Gasteiger partial charge in [-0.25, -0.2) is 4.98 Å². The van der Waals surface area contributed by atoms with Crippen molar-refractivity contribution in [1.29, 1.82) is 0 Å². The van der Waals surface area contributed by atoms with Gasteiger partial charge in [-0.05, 0) is 36.6 Å². The summed E-state index contributed by atoms with van der Waals surface area (Å²) in [5, 5.41) is 5.46. The zero-order valence-corrected chi connectivity index (χ0v) is 16.6. The first kappa shape index (κ1) is 18.6. The molecule has 7 heteroatoms. The Morgan fingerprint density at radius 2 is 2.00 bits per heavy atom. The maximum absolute atomic E-state index is 13.0. The maximum atomic E-state index is 13.0. The highest BCUT2D eigenvalue weighted by Gasteiger charge is 2.14. The fourth-order valence-corrected chi connectivity index (χ4v) is 3.80. The second kappa shape index (κ2) is 8.06. The minimum Gasteiger partial charge on any atom is -0.461 e. The van der Waals surface area contributed by atoms with Gasteiger partial charge in [0.1, 0.15) is 0 Å². The lowest BCUT2D eigenvalue weighted by molar-refractivity contribution is 0.413. The molecule has 0 unspecified atom stereocenters. The van der Waals surface area contributed by atoms with E-state index >= 15 is 0 Å². The molecule has 1 aromatic carbocycles. The van der Waals surface area contributed by atoms with Gasteiger partial charge < -0.3 is 8.94 Å². The topological polar surface area (TPSA) is 74.1 Å². The molecule has 0 saturated carbocycles. The monoisotopic (exact) mass is 395 g/mol. The summed E-state index contributed by atoms with van der Waals surface area (Å²) in [5.41, 5.74) is 1.49. The van der Waals surface area contributed by atoms with Crippen molar-refractivity contribution in [1.82, 2.24) is 14.7 Å². The zero-order chi connectivity index (χ0) is 19.5. The number of thioether (sulfide) groups is 1. The van der Waals surface area contributed by atoms with Crippen LogP contribution < -0.4 is 5.56 Å². The van der Waals surface area contributed by atoms with Crippen molar-refractivity contribution in [3.63, 3.8) is 0 Å². The van der Waals surface area contributed by atoms with Gasteiger partial charge >= 0.3 is 0 Å². The first-order chi connectivity index (χ1) is 13.6. The molecule has 0 aliphatic rings. The normalized spacial score (nSPS) is 11.5. The summed E-state index contributed by atoms with van der Waals surface area (Å²) in [6.07, 6.45) is 2.51. The summed E-state index contributed by atoms with van der Waals surface area (Å²) in [4.78, 5) is 17.7. The maximum Gasteiger partial charge on any atom is 0.262 e. The van der Waals surface area contributed by atoms with E-state index in [1.165, 1.54) is 11.8 Å². The van der Waals surface area contributed by atoms with Crippen LogP contribution in [-0.4, -0.2) is 14.7 Å². The lowest BCUT2D eigenvalue weighted by atomic mass is 10.1. The quantitative estimate of drug-likeness (QED) is 0.324. The Labute approximate surface area is 166 Å². The fraction of sp³-hybridized carbons (Fsp3) is 0.286. The van der Waals surface area contributed by atoms with Gasteiger partial charge in [0.15, 0.2) is 10.9 Å². The van der Waals surface area contributed by atoms with Gasteiger partial charge in [0, 0.05) is 18.4 Å². The molecule has 3 aromatic heterocycles. The highest BCUT2D eigenvalue weighted by Crippen LogP contribution is 2.26. The van der Waals surface area contributed by atoms with Crippen LogP contribution in [0.1, 0.15) is 26.0 Å². The number of furan rings is 1. The Hall–Kier alpha value is -2.80. The van der Waals surface area contributed by atoms with Crippen LogP contribution >= 0.6 is 11.8 Å². The van der Waals surface area contributed by atoms with Crippen LogP contribution in [-0.2, 0) is 12.3 Å². The molecule has 0 fully saturated rings. The molecule has 0 bridgehead atoms. The van der Waals surface area contributed by atoms with Crippen LogP contribution in [0.5, 0.6) is 0 Å². The van der Waals surface area contributed by atoms with Crippen molar-refractivity contribution in [3.8, 4) is 11.5 Å². The van der Waals surface area contributed by atoms with Gasteiger partial charge in [-0.15, -0.1) is 0 Å². The lowest BCUT2D eigenvalue weighted by Crippen LogP contribution is -2.24. The Balaban J connectivity index is 1.61. The number of para-hydroxylation sites is 1. The number of hydrogen-bond acceptors (Lipinski definition) is 6. The van der Waals surface area contributed by atoms with Gasteiger partial charge in [0.05, 0.1) is 22.9 Å². The molecule has 0 aliphatic heterocycles. The number of aromatic nitrogens is 3. The Morgan fingerprint density at radius 1 is 1.14 bits per heavy atom. The molecule has 0 aliphatic carbocycles. The highest BCUT2D eigenvalue weighted by molar-refractivity contribution is 7.98. The molecule has 144 valence electrons. The van der Waals surface area contributed by atoms with E-state index in [0.717, 1.165) is 12.1 Å². The Kier molecular flexibility index (Phi) is 5.34. The third kappa shape index (κ3) is 3.89. The number of fused-ring (bicyclic) bond motifs is 1. The van der Waals surface area contributed by atoms with Gasteiger partial charge in [-0.2, -0.15) is 0 Å². The van der Waals surface area contributed by atoms with Crippen LogP contribution in [0, 0.1) is 5.92 Å². The van der Waals surface area contributed by atoms with E-state index in [1.807, 2.05) is 36.4 Å². The van der Waals surface area contributed by atoms with Gasteiger partial charge in [0.2, 0.25) is 5.76 Å². The summed E-state index contributed by atoms with van der Waals surface area (Å²) in [7, 11) is 0. The van der Waals surface area contributed by atoms with Crippen LogP contribution in [0.15, 0.2) is 67.6 Å². The minimum absolute atomic E-state index is 0.00479. The summed E-state index contributed by atoms with van der Waals surface area (Å²) in [6, 6.07) is 13.0. The SMILES string of the molecule is CC(C)CCn1c(SCc2cc(-c3ccco3)on2)nc2ccccc2c1=O. The van der Waals surface area contributed by atoms with Crippen molar-refractivity contribution < 1.29 is 8.94 Å². The summed E-state index contributed by atoms with van der Waals surface area (Å²) < 4.78 is 12.5. The second-order valence-electron chi connectivity index (χ2n) is 7.00. The van der Waals surface area contributed by atoms with Crippen molar-refractivity contribution in [2.24, 2.45) is 5.92 Å². The molecule has 3 heterocycles. The zero-order valence-electron chi connectivity index (χ0n) is 15.8. The molecule has 4 aromatic rings. The summed E-state index contributed by atoms with van der Waals surface area (Å²) in [5.74, 6) is 2.28.